The minimum absolute atomic E-state index is 0.0242. The Morgan fingerprint density at radius 2 is 2.31 bits per heavy atom. The molecular formula is C11H16N2O3. The zero-order valence-corrected chi connectivity index (χ0v) is 9.43. The Morgan fingerprint density at radius 3 is 2.88 bits per heavy atom. The van der Waals surface area contributed by atoms with Crippen molar-refractivity contribution in [3.05, 3.63) is 17.8 Å². The second-order valence-electron chi connectivity index (χ2n) is 3.61. The van der Waals surface area contributed by atoms with E-state index in [1.807, 2.05) is 13.8 Å². The number of hydrogen-bond acceptors (Lipinski definition) is 4. The van der Waals surface area contributed by atoms with Crippen molar-refractivity contribution in [2.45, 2.75) is 32.8 Å². The summed E-state index contributed by atoms with van der Waals surface area (Å²) in [4.78, 5) is 14.6. The molecule has 5 heteroatoms. The molecule has 88 valence electrons. The van der Waals surface area contributed by atoms with Crippen molar-refractivity contribution in [3.8, 4) is 5.88 Å². The molecule has 0 bridgehead atoms. The Kier molecular flexibility index (Phi) is 4.10. The maximum absolute atomic E-state index is 10.7. The zero-order chi connectivity index (χ0) is 12.1. The van der Waals surface area contributed by atoms with E-state index in [0.717, 1.165) is 12.8 Å². The second kappa shape index (κ2) is 5.34. The Morgan fingerprint density at radius 1 is 1.62 bits per heavy atom. The number of carbonyl (C=O) groups is 1. The molecule has 1 aromatic rings. The molecule has 0 saturated heterocycles. The minimum atomic E-state index is -1.09. The van der Waals surface area contributed by atoms with Crippen LogP contribution in [0.1, 0.15) is 37.2 Å². The van der Waals surface area contributed by atoms with Gasteiger partial charge in [-0.25, -0.2) is 9.78 Å². The Labute approximate surface area is 94.2 Å². The summed E-state index contributed by atoms with van der Waals surface area (Å²) in [5.41, 5.74) is 5.95. The van der Waals surface area contributed by atoms with E-state index in [0.29, 0.717) is 5.69 Å². The van der Waals surface area contributed by atoms with E-state index in [-0.39, 0.29) is 17.7 Å². The maximum Gasteiger partial charge on any atom is 0.354 e. The summed E-state index contributed by atoms with van der Waals surface area (Å²) in [6.07, 6.45) is 1.84. The number of rotatable bonds is 5. The molecule has 1 atom stereocenters. The molecule has 0 saturated carbocycles. The Hall–Kier alpha value is -1.78. The van der Waals surface area contributed by atoms with E-state index in [9.17, 15) is 4.79 Å². The largest absolute Gasteiger partial charge is 0.477 e. The highest BCUT2D eigenvalue weighted by Crippen LogP contribution is 2.20. The van der Waals surface area contributed by atoms with Gasteiger partial charge in [0.05, 0.1) is 11.8 Å². The van der Waals surface area contributed by atoms with Crippen molar-refractivity contribution >= 4 is 11.7 Å². The number of nitrogen functional groups attached to an aromatic ring is 1. The molecule has 0 spiro atoms. The molecule has 0 radical (unpaired) electrons. The summed E-state index contributed by atoms with van der Waals surface area (Å²) in [5, 5.41) is 8.78. The maximum atomic E-state index is 10.7. The number of carboxylic acid groups (broad SMARTS) is 1. The van der Waals surface area contributed by atoms with Gasteiger partial charge >= 0.3 is 5.97 Å². The molecule has 0 aromatic carbocycles. The van der Waals surface area contributed by atoms with Crippen LogP contribution in [0.2, 0.25) is 0 Å². The molecule has 3 N–H and O–H groups in total. The Balaban J connectivity index is 2.85. The van der Waals surface area contributed by atoms with Gasteiger partial charge in [0.25, 0.3) is 0 Å². The third kappa shape index (κ3) is 3.12. The van der Waals surface area contributed by atoms with Gasteiger partial charge in [-0.3, -0.25) is 0 Å². The molecule has 0 amide bonds. The number of nitrogens with two attached hydrogens (primary N) is 1. The van der Waals surface area contributed by atoms with Gasteiger partial charge in [-0.1, -0.05) is 13.3 Å². The van der Waals surface area contributed by atoms with E-state index in [4.69, 9.17) is 15.6 Å². The van der Waals surface area contributed by atoms with E-state index in [1.54, 1.807) is 0 Å². The average Bonchev–Trinajstić information content (AvgIpc) is 2.21. The SMILES string of the molecule is CCCC(C)Oc1nc(C(=O)O)ccc1N. The third-order valence-electron chi connectivity index (χ3n) is 2.12. The minimum Gasteiger partial charge on any atom is -0.477 e. The fourth-order valence-electron chi connectivity index (χ4n) is 1.32. The van der Waals surface area contributed by atoms with Crippen LogP contribution in [0.3, 0.4) is 0 Å². The van der Waals surface area contributed by atoms with Crippen molar-refractivity contribution in [1.29, 1.82) is 0 Å². The van der Waals surface area contributed by atoms with Crippen LogP contribution >= 0.6 is 0 Å². The topological polar surface area (TPSA) is 85.4 Å². The van der Waals surface area contributed by atoms with Crippen LogP contribution in [-0.2, 0) is 0 Å². The molecule has 0 aliphatic rings. The molecule has 0 fully saturated rings. The molecule has 1 heterocycles. The molecule has 0 aliphatic heterocycles. The first-order valence-electron chi connectivity index (χ1n) is 5.21. The molecule has 1 rings (SSSR count). The van der Waals surface area contributed by atoms with Crippen molar-refractivity contribution in [2.75, 3.05) is 5.73 Å². The number of aromatic nitrogens is 1. The first kappa shape index (κ1) is 12.3. The van der Waals surface area contributed by atoms with Crippen LogP contribution in [0.4, 0.5) is 5.69 Å². The first-order chi connectivity index (χ1) is 7.54. The lowest BCUT2D eigenvalue weighted by atomic mass is 10.2. The van der Waals surface area contributed by atoms with E-state index in [2.05, 4.69) is 4.98 Å². The fraction of sp³-hybridized carbons (Fsp3) is 0.455. The highest BCUT2D eigenvalue weighted by atomic mass is 16.5. The molecular weight excluding hydrogens is 208 g/mol. The second-order valence-corrected chi connectivity index (χ2v) is 3.61. The van der Waals surface area contributed by atoms with Gasteiger partial charge in [0.2, 0.25) is 5.88 Å². The van der Waals surface area contributed by atoms with Crippen LogP contribution in [0, 0.1) is 0 Å². The quantitative estimate of drug-likeness (QED) is 0.798. The third-order valence-corrected chi connectivity index (χ3v) is 2.12. The lowest BCUT2D eigenvalue weighted by Gasteiger charge is -2.14. The number of anilines is 1. The first-order valence-corrected chi connectivity index (χ1v) is 5.21. The summed E-state index contributed by atoms with van der Waals surface area (Å²) in [5.74, 6) is -0.895. The predicted octanol–water partition coefficient (Wildman–Crippen LogP) is 1.93. The van der Waals surface area contributed by atoms with E-state index >= 15 is 0 Å². The van der Waals surface area contributed by atoms with Crippen LogP contribution < -0.4 is 10.5 Å². The van der Waals surface area contributed by atoms with Crippen molar-refractivity contribution < 1.29 is 14.6 Å². The number of aromatic carboxylic acids is 1. The number of hydrogen-bond donors (Lipinski definition) is 2. The zero-order valence-electron chi connectivity index (χ0n) is 9.43. The highest BCUT2D eigenvalue weighted by molar-refractivity contribution is 5.86. The summed E-state index contributed by atoms with van der Waals surface area (Å²) >= 11 is 0. The molecule has 1 unspecified atom stereocenters. The predicted molar refractivity (Wildman–Crippen MR) is 60.6 cm³/mol. The fourth-order valence-corrected chi connectivity index (χ4v) is 1.32. The normalized spacial score (nSPS) is 12.1. The summed E-state index contributed by atoms with van der Waals surface area (Å²) in [6, 6.07) is 2.85. The van der Waals surface area contributed by atoms with Crippen LogP contribution in [0.25, 0.3) is 0 Å². The van der Waals surface area contributed by atoms with Crippen molar-refractivity contribution in [2.24, 2.45) is 0 Å². The van der Waals surface area contributed by atoms with Gasteiger partial charge in [0, 0.05) is 0 Å². The van der Waals surface area contributed by atoms with Crippen molar-refractivity contribution in [3.63, 3.8) is 0 Å². The van der Waals surface area contributed by atoms with E-state index < -0.39 is 5.97 Å². The van der Waals surface area contributed by atoms with Crippen molar-refractivity contribution in [1.82, 2.24) is 4.98 Å². The number of ether oxygens (including phenoxy) is 1. The van der Waals surface area contributed by atoms with Crippen LogP contribution in [-0.4, -0.2) is 22.2 Å². The van der Waals surface area contributed by atoms with Gasteiger partial charge in [-0.15, -0.1) is 0 Å². The van der Waals surface area contributed by atoms with E-state index in [1.165, 1.54) is 12.1 Å². The van der Waals surface area contributed by atoms with Gasteiger partial charge in [0.1, 0.15) is 0 Å². The number of pyridine rings is 1. The number of nitrogens with zero attached hydrogens (tertiary/aromatic N) is 1. The summed E-state index contributed by atoms with van der Waals surface area (Å²) in [7, 11) is 0. The van der Waals surface area contributed by atoms with Gasteiger partial charge < -0.3 is 15.6 Å². The molecule has 5 nitrogen and oxygen atoms in total. The monoisotopic (exact) mass is 224 g/mol. The highest BCUT2D eigenvalue weighted by Gasteiger charge is 2.11. The van der Waals surface area contributed by atoms with Gasteiger partial charge in [-0.05, 0) is 25.5 Å². The standard InChI is InChI=1S/C11H16N2O3/c1-3-4-7(2)16-10-8(12)5-6-9(13-10)11(14)15/h5-7H,3-4,12H2,1-2H3,(H,14,15). The van der Waals surface area contributed by atoms with Crippen LogP contribution in [0.5, 0.6) is 5.88 Å². The number of carboxylic acids is 1. The van der Waals surface area contributed by atoms with Crippen LogP contribution in [0.15, 0.2) is 12.1 Å². The average molecular weight is 224 g/mol. The summed E-state index contributed by atoms with van der Waals surface area (Å²) in [6.45, 7) is 3.95. The molecule has 16 heavy (non-hydrogen) atoms. The lowest BCUT2D eigenvalue weighted by molar-refractivity contribution is 0.0688. The molecule has 0 aliphatic carbocycles. The molecule has 1 aromatic heterocycles. The van der Waals surface area contributed by atoms with Gasteiger partial charge in [0.15, 0.2) is 5.69 Å². The summed E-state index contributed by atoms with van der Waals surface area (Å²) < 4.78 is 5.48. The lowest BCUT2D eigenvalue weighted by Crippen LogP contribution is -2.14. The Bertz CT molecular complexity index is 379. The van der Waals surface area contributed by atoms with Gasteiger partial charge in [-0.2, -0.15) is 0 Å². The smallest absolute Gasteiger partial charge is 0.354 e.